The third-order valence-electron chi connectivity index (χ3n) is 5.24. The van der Waals surface area contributed by atoms with Crippen molar-refractivity contribution in [1.29, 1.82) is 0 Å². The first-order valence-electron chi connectivity index (χ1n) is 9.38. The highest BCUT2D eigenvalue weighted by atomic mass is 16.3. The van der Waals surface area contributed by atoms with Crippen LogP contribution in [0.15, 0.2) is 42.5 Å². The van der Waals surface area contributed by atoms with Crippen molar-refractivity contribution in [1.82, 2.24) is 15.1 Å². The van der Waals surface area contributed by atoms with E-state index in [0.29, 0.717) is 29.9 Å². The van der Waals surface area contributed by atoms with Crippen molar-refractivity contribution >= 4 is 5.91 Å². The minimum absolute atomic E-state index is 0.0161. The summed E-state index contributed by atoms with van der Waals surface area (Å²) >= 11 is 0. The first-order chi connectivity index (χ1) is 13.5. The summed E-state index contributed by atoms with van der Waals surface area (Å²) in [5.74, 6) is 0.0351. The predicted octanol–water partition coefficient (Wildman–Crippen LogP) is 3.33. The molecule has 3 N–H and O–H groups in total. The van der Waals surface area contributed by atoms with Crippen LogP contribution in [0.3, 0.4) is 0 Å². The molecule has 1 unspecified atom stereocenters. The summed E-state index contributed by atoms with van der Waals surface area (Å²) in [4.78, 5) is 14.8. The van der Waals surface area contributed by atoms with Crippen LogP contribution >= 0.6 is 0 Å². The summed E-state index contributed by atoms with van der Waals surface area (Å²) in [6, 6.07) is 13.3. The fourth-order valence-corrected chi connectivity index (χ4v) is 4.00. The molecule has 0 spiro atoms. The van der Waals surface area contributed by atoms with E-state index in [2.05, 4.69) is 10.2 Å². The molecule has 0 aliphatic carbocycles. The second kappa shape index (κ2) is 7.13. The van der Waals surface area contributed by atoms with Gasteiger partial charge in [-0.1, -0.05) is 36.4 Å². The van der Waals surface area contributed by atoms with E-state index in [1.807, 2.05) is 56.3 Å². The van der Waals surface area contributed by atoms with Gasteiger partial charge in [0.15, 0.2) is 0 Å². The average molecular weight is 377 g/mol. The highest BCUT2D eigenvalue weighted by Crippen LogP contribution is 2.45. The number of fused-ring (bicyclic) bond motifs is 1. The Labute approximate surface area is 163 Å². The summed E-state index contributed by atoms with van der Waals surface area (Å²) in [5, 5.41) is 27.2. The number of aliphatic hydroxyl groups excluding tert-OH is 1. The highest BCUT2D eigenvalue weighted by Gasteiger charge is 2.42. The zero-order valence-corrected chi connectivity index (χ0v) is 15.9. The molecule has 0 radical (unpaired) electrons. The van der Waals surface area contributed by atoms with E-state index in [-0.39, 0.29) is 24.3 Å². The molecule has 0 bridgehead atoms. The van der Waals surface area contributed by atoms with Crippen LogP contribution in [-0.4, -0.2) is 44.4 Å². The van der Waals surface area contributed by atoms with Crippen LogP contribution in [-0.2, 0) is 0 Å². The Bertz CT molecular complexity index is 1030. The van der Waals surface area contributed by atoms with Crippen LogP contribution in [0.4, 0.5) is 0 Å². The van der Waals surface area contributed by atoms with E-state index in [1.54, 1.807) is 4.90 Å². The number of rotatable bonds is 5. The van der Waals surface area contributed by atoms with Gasteiger partial charge in [-0.05, 0) is 43.0 Å². The number of H-pyrrole nitrogens is 1. The number of aliphatic hydroxyl groups is 1. The van der Waals surface area contributed by atoms with Crippen LogP contribution in [0, 0.1) is 13.8 Å². The van der Waals surface area contributed by atoms with Gasteiger partial charge in [-0.2, -0.15) is 5.10 Å². The Hall–Kier alpha value is -3.12. The zero-order chi connectivity index (χ0) is 19.8. The number of benzene rings is 2. The molecule has 1 aromatic heterocycles. The molecule has 2 aromatic carbocycles. The molecule has 0 saturated heterocycles. The van der Waals surface area contributed by atoms with Crippen LogP contribution in [0.5, 0.6) is 5.75 Å². The van der Waals surface area contributed by atoms with E-state index in [4.69, 9.17) is 0 Å². The lowest BCUT2D eigenvalue weighted by Gasteiger charge is -2.26. The minimum atomic E-state index is -0.316. The number of amides is 1. The Morgan fingerprint density at radius 1 is 1.18 bits per heavy atom. The normalized spacial score (nSPS) is 15.9. The predicted molar refractivity (Wildman–Crippen MR) is 106 cm³/mol. The molecule has 0 fully saturated rings. The lowest BCUT2D eigenvalue weighted by atomic mass is 9.94. The maximum Gasteiger partial charge on any atom is 0.273 e. The van der Waals surface area contributed by atoms with Gasteiger partial charge < -0.3 is 15.1 Å². The third-order valence-corrected chi connectivity index (χ3v) is 5.24. The number of aryl methyl sites for hydroxylation is 2. The molecule has 144 valence electrons. The van der Waals surface area contributed by atoms with E-state index in [0.717, 1.165) is 22.3 Å². The number of carbonyl (C=O) groups is 1. The van der Waals surface area contributed by atoms with Gasteiger partial charge >= 0.3 is 0 Å². The van der Waals surface area contributed by atoms with Crippen molar-refractivity contribution in [2.24, 2.45) is 0 Å². The Kier molecular flexibility index (Phi) is 4.65. The van der Waals surface area contributed by atoms with Crippen LogP contribution in [0.2, 0.25) is 0 Å². The Balaban J connectivity index is 1.91. The molecule has 28 heavy (non-hydrogen) atoms. The summed E-state index contributed by atoms with van der Waals surface area (Å²) in [5.41, 5.74) is 5.18. The summed E-state index contributed by atoms with van der Waals surface area (Å²) in [6.07, 6.45) is 0.497. The minimum Gasteiger partial charge on any atom is -0.507 e. The molecule has 4 rings (SSSR count). The fraction of sp³-hybridized carbons (Fsp3) is 0.273. The standard InChI is InChI=1S/C22H23N3O3/c1-13-11-14(2)21(27)16(12-13)18-17-19(24-23-18)22(28)25(9-6-10-26)20(17)15-7-4-3-5-8-15/h3-5,7-8,11-12,20,26-27H,6,9-10H2,1-2H3,(H,23,24). The number of aromatic nitrogens is 2. The lowest BCUT2D eigenvalue weighted by Crippen LogP contribution is -2.31. The quantitative estimate of drug-likeness (QED) is 0.636. The van der Waals surface area contributed by atoms with Gasteiger partial charge in [0.2, 0.25) is 0 Å². The van der Waals surface area contributed by atoms with Gasteiger partial charge in [0.05, 0.1) is 6.04 Å². The number of hydrogen-bond donors (Lipinski definition) is 3. The fourth-order valence-electron chi connectivity index (χ4n) is 4.00. The molecule has 0 saturated carbocycles. The van der Waals surface area contributed by atoms with Crippen LogP contribution < -0.4 is 0 Å². The molecule has 1 amide bonds. The monoisotopic (exact) mass is 377 g/mol. The van der Waals surface area contributed by atoms with E-state index in [9.17, 15) is 15.0 Å². The summed E-state index contributed by atoms with van der Waals surface area (Å²) in [6.45, 7) is 4.28. The molecular weight excluding hydrogens is 354 g/mol. The zero-order valence-electron chi connectivity index (χ0n) is 15.9. The van der Waals surface area contributed by atoms with Crippen molar-refractivity contribution in [2.75, 3.05) is 13.2 Å². The second-order valence-corrected chi connectivity index (χ2v) is 7.23. The number of nitrogens with one attached hydrogen (secondary N) is 1. The van der Waals surface area contributed by atoms with E-state index < -0.39 is 0 Å². The van der Waals surface area contributed by atoms with Crippen LogP contribution in [0.25, 0.3) is 11.3 Å². The van der Waals surface area contributed by atoms with Crippen molar-refractivity contribution in [3.63, 3.8) is 0 Å². The molecule has 1 aliphatic rings. The molecule has 6 nitrogen and oxygen atoms in total. The Morgan fingerprint density at radius 2 is 1.93 bits per heavy atom. The lowest BCUT2D eigenvalue weighted by molar-refractivity contribution is 0.0732. The van der Waals surface area contributed by atoms with Crippen molar-refractivity contribution in [2.45, 2.75) is 26.3 Å². The Morgan fingerprint density at radius 3 is 2.64 bits per heavy atom. The van der Waals surface area contributed by atoms with Crippen molar-refractivity contribution in [3.05, 3.63) is 70.4 Å². The maximum absolute atomic E-state index is 13.1. The highest BCUT2D eigenvalue weighted by molar-refractivity contribution is 6.00. The van der Waals surface area contributed by atoms with Crippen LogP contribution in [0.1, 0.15) is 45.2 Å². The van der Waals surface area contributed by atoms with E-state index in [1.165, 1.54) is 0 Å². The number of hydrogen-bond acceptors (Lipinski definition) is 4. The van der Waals surface area contributed by atoms with Gasteiger partial charge in [0, 0.05) is 24.3 Å². The average Bonchev–Trinajstić information content (AvgIpc) is 3.23. The van der Waals surface area contributed by atoms with E-state index >= 15 is 0 Å². The topological polar surface area (TPSA) is 89.5 Å². The number of aromatic amines is 1. The molecule has 2 heterocycles. The largest absolute Gasteiger partial charge is 0.507 e. The summed E-state index contributed by atoms with van der Waals surface area (Å²) < 4.78 is 0. The summed E-state index contributed by atoms with van der Waals surface area (Å²) in [7, 11) is 0. The van der Waals surface area contributed by atoms with Gasteiger partial charge in [0.25, 0.3) is 5.91 Å². The maximum atomic E-state index is 13.1. The molecule has 3 aromatic rings. The van der Waals surface area contributed by atoms with Crippen molar-refractivity contribution < 1.29 is 15.0 Å². The molecule has 1 atom stereocenters. The molecule has 6 heteroatoms. The smallest absolute Gasteiger partial charge is 0.273 e. The SMILES string of the molecule is Cc1cc(C)c(O)c(-c2n[nH]c3c2C(c2ccccc2)N(CCCO)C3=O)c1. The molecule has 1 aliphatic heterocycles. The number of phenols is 1. The third kappa shape index (κ3) is 2.86. The van der Waals surface area contributed by atoms with Gasteiger partial charge in [-0.25, -0.2) is 0 Å². The van der Waals surface area contributed by atoms with Gasteiger partial charge in [-0.3, -0.25) is 9.89 Å². The second-order valence-electron chi connectivity index (χ2n) is 7.23. The first-order valence-corrected chi connectivity index (χ1v) is 9.38. The number of nitrogens with zero attached hydrogens (tertiary/aromatic N) is 2. The van der Waals surface area contributed by atoms with Gasteiger partial charge in [0.1, 0.15) is 17.1 Å². The number of phenolic OH excluding ortho intramolecular Hbond substituents is 1. The number of carbonyl (C=O) groups excluding carboxylic acids is 1. The first kappa shape index (κ1) is 18.3. The molecular formula is C22H23N3O3. The number of aromatic hydroxyl groups is 1. The van der Waals surface area contributed by atoms with Crippen molar-refractivity contribution in [3.8, 4) is 17.0 Å². The van der Waals surface area contributed by atoms with Gasteiger partial charge in [-0.15, -0.1) is 0 Å².